The van der Waals surface area contributed by atoms with Gasteiger partial charge in [0.2, 0.25) is 11.8 Å². The molecule has 0 aromatic carbocycles. The molecular weight excluding hydrogens is 576 g/mol. The Balaban J connectivity index is 1.98. The highest BCUT2D eigenvalue weighted by Crippen LogP contribution is 2.46. The van der Waals surface area contributed by atoms with Gasteiger partial charge in [0.15, 0.2) is 9.84 Å². The van der Waals surface area contributed by atoms with E-state index in [9.17, 15) is 38.2 Å². The number of fused-ring (bicyclic) bond motifs is 1. The van der Waals surface area contributed by atoms with Gasteiger partial charge < -0.3 is 14.6 Å². The van der Waals surface area contributed by atoms with Crippen LogP contribution in [0.2, 0.25) is 0 Å². The first-order chi connectivity index (χ1) is 18.5. The van der Waals surface area contributed by atoms with Crippen LogP contribution in [0, 0.1) is 20.2 Å². The Morgan fingerprint density at radius 1 is 1.08 bits per heavy atom. The number of amides is 2. The molecule has 0 saturated carbocycles. The topological polar surface area (TPSA) is 188 Å². The third-order valence-corrected chi connectivity index (χ3v) is 11.0. The quantitative estimate of drug-likeness (QED) is 0.110. The minimum absolute atomic E-state index is 0.0195. The fraction of sp³-hybridized carbons (Fsp3) is 0.727. The average Bonchev–Trinajstić information content (AvgIpc) is 3.31. The van der Waals surface area contributed by atoms with E-state index in [2.05, 4.69) is 14.4 Å². The van der Waals surface area contributed by atoms with Gasteiger partial charge in [0.25, 0.3) is 10.2 Å². The first-order valence-corrected chi connectivity index (χ1v) is 15.8. The van der Waals surface area contributed by atoms with Gasteiger partial charge in [-0.1, -0.05) is 12.8 Å². The van der Waals surface area contributed by atoms with Crippen LogP contribution < -0.4 is 4.72 Å². The van der Waals surface area contributed by atoms with Crippen LogP contribution in [-0.4, -0.2) is 60.3 Å². The lowest BCUT2D eigenvalue weighted by Crippen LogP contribution is -2.40. The van der Waals surface area contributed by atoms with Crippen molar-refractivity contribution in [3.8, 4) is 0 Å². The molecule has 1 N–H and O–H groups in total. The molecule has 0 fully saturated rings. The number of thiophene rings is 1. The molecule has 17 heteroatoms. The van der Waals surface area contributed by atoms with E-state index >= 15 is 0 Å². The second-order valence-corrected chi connectivity index (χ2v) is 13.7. The van der Waals surface area contributed by atoms with Crippen molar-refractivity contribution in [1.29, 1.82) is 0 Å². The molecule has 0 aliphatic carbocycles. The van der Waals surface area contributed by atoms with Crippen molar-refractivity contribution in [2.24, 2.45) is 0 Å². The summed E-state index contributed by atoms with van der Waals surface area (Å²) in [4.78, 5) is 55.8. The van der Waals surface area contributed by atoms with Gasteiger partial charge >= 0.3 is 0 Å². The average molecular weight is 611 g/mol. The van der Waals surface area contributed by atoms with Gasteiger partial charge in [-0.3, -0.25) is 14.3 Å². The van der Waals surface area contributed by atoms with Crippen LogP contribution in [-0.2, 0) is 29.1 Å². The van der Waals surface area contributed by atoms with Crippen molar-refractivity contribution in [2.45, 2.75) is 91.3 Å². The summed E-state index contributed by atoms with van der Waals surface area (Å²) >= 11 is 2.10. The summed E-state index contributed by atoms with van der Waals surface area (Å²) in [6, 6.07) is 1.30. The smallest absolute Gasteiger partial charge is 0.294 e. The third kappa shape index (κ3) is 10.1. The van der Waals surface area contributed by atoms with Crippen LogP contribution in [0.3, 0.4) is 0 Å². The zero-order chi connectivity index (χ0) is 29.0. The molecule has 0 saturated heterocycles. The van der Waals surface area contributed by atoms with E-state index in [0.29, 0.717) is 54.8 Å². The molecule has 2 unspecified atom stereocenters. The number of hydrogen-bond acceptors (Lipinski definition) is 12. The van der Waals surface area contributed by atoms with E-state index in [0.717, 1.165) is 23.3 Å². The Morgan fingerprint density at radius 2 is 1.67 bits per heavy atom. The molecule has 220 valence electrons. The number of nitrogens with one attached hydrogen (secondary N) is 1. The Bertz CT molecular complexity index is 1110. The zero-order valence-electron chi connectivity index (χ0n) is 21.9. The highest BCUT2D eigenvalue weighted by molar-refractivity contribution is 8.00. The summed E-state index contributed by atoms with van der Waals surface area (Å²) < 4.78 is 29.6. The second-order valence-electron chi connectivity index (χ2n) is 8.96. The number of nitrogens with zero attached hydrogens (tertiary/aromatic N) is 3. The van der Waals surface area contributed by atoms with Crippen LogP contribution in [0.1, 0.15) is 83.2 Å². The van der Waals surface area contributed by atoms with Crippen molar-refractivity contribution in [2.75, 3.05) is 19.8 Å². The Morgan fingerprint density at radius 3 is 2.23 bits per heavy atom. The summed E-state index contributed by atoms with van der Waals surface area (Å²) in [5.41, 5.74) is 0.551. The predicted molar refractivity (Wildman–Crippen MR) is 143 cm³/mol. The summed E-state index contributed by atoms with van der Waals surface area (Å²) in [5, 5.41) is 18.0. The SMILES string of the molecule is CCN(C(=O)CCCCCO[N+](=O)[O-])C1CC(C)S(=O)(=O)c2sc(SNC(=O)CCCCCO[N+](=O)[O-])cc21. The van der Waals surface area contributed by atoms with Crippen molar-refractivity contribution in [3.63, 3.8) is 0 Å². The van der Waals surface area contributed by atoms with Crippen LogP contribution in [0.4, 0.5) is 0 Å². The van der Waals surface area contributed by atoms with E-state index in [1.54, 1.807) is 17.9 Å². The minimum atomic E-state index is -3.58. The number of hydrogen-bond donors (Lipinski definition) is 1. The molecule has 39 heavy (non-hydrogen) atoms. The van der Waals surface area contributed by atoms with Crippen molar-refractivity contribution < 1.29 is 37.9 Å². The number of sulfone groups is 1. The number of rotatable bonds is 18. The molecule has 14 nitrogen and oxygen atoms in total. The fourth-order valence-electron chi connectivity index (χ4n) is 4.19. The van der Waals surface area contributed by atoms with Gasteiger partial charge in [-0.05, 0) is 64.0 Å². The largest absolute Gasteiger partial charge is 0.336 e. The number of carbonyl (C=O) groups excluding carboxylic acids is 2. The molecule has 2 amide bonds. The molecule has 0 bridgehead atoms. The number of unbranched alkanes of at least 4 members (excludes halogenated alkanes) is 4. The summed E-state index contributed by atoms with van der Waals surface area (Å²) in [5.74, 6) is -0.365. The van der Waals surface area contributed by atoms with E-state index in [1.165, 1.54) is 0 Å². The molecule has 2 heterocycles. The fourth-order valence-corrected chi connectivity index (χ4v) is 8.62. The van der Waals surface area contributed by atoms with E-state index in [-0.39, 0.29) is 48.5 Å². The monoisotopic (exact) mass is 610 g/mol. The lowest BCUT2D eigenvalue weighted by Gasteiger charge is -2.36. The lowest BCUT2D eigenvalue weighted by atomic mass is 10.0. The first kappa shape index (κ1) is 32.6. The van der Waals surface area contributed by atoms with Crippen molar-refractivity contribution >= 4 is 44.9 Å². The standard InChI is InChI=1S/C22H34N4O10S3/c1-3-24(20(28)11-7-5-9-13-36-26(31)32)18-14-16(2)39(33,34)22-17(18)15-21(37-22)38-23-19(27)10-6-4-8-12-35-25(29)30/h15-16,18H,3-14H2,1-2H3,(H,23,27). The highest BCUT2D eigenvalue weighted by atomic mass is 32.2. The Labute approximate surface area is 235 Å². The summed E-state index contributed by atoms with van der Waals surface area (Å²) in [6.07, 6.45) is 3.86. The second kappa shape index (κ2) is 15.8. The molecule has 2 atom stereocenters. The van der Waals surface area contributed by atoms with Gasteiger partial charge in [0, 0.05) is 24.9 Å². The third-order valence-electron chi connectivity index (χ3n) is 6.18. The molecule has 1 aromatic rings. The van der Waals surface area contributed by atoms with E-state index in [1.807, 2.05) is 6.92 Å². The maximum absolute atomic E-state index is 13.1. The highest BCUT2D eigenvalue weighted by Gasteiger charge is 2.41. The Hall–Kier alpha value is -2.66. The summed E-state index contributed by atoms with van der Waals surface area (Å²) in [7, 11) is -3.58. The normalized spacial score (nSPS) is 17.6. The van der Waals surface area contributed by atoms with Gasteiger partial charge in [0.05, 0.1) is 28.7 Å². The van der Waals surface area contributed by atoms with Crippen LogP contribution in [0.15, 0.2) is 14.5 Å². The van der Waals surface area contributed by atoms with Gasteiger partial charge in [0.1, 0.15) is 4.21 Å². The Kier molecular flexibility index (Phi) is 13.2. The van der Waals surface area contributed by atoms with Gasteiger partial charge in [-0.2, -0.15) is 0 Å². The molecular formula is C22H34N4O10S3. The number of carbonyl (C=O) groups is 2. The van der Waals surface area contributed by atoms with Crippen molar-refractivity contribution in [1.82, 2.24) is 9.62 Å². The van der Waals surface area contributed by atoms with Crippen molar-refractivity contribution in [3.05, 3.63) is 31.9 Å². The lowest BCUT2D eigenvalue weighted by molar-refractivity contribution is -0.757. The maximum Gasteiger partial charge on any atom is 0.294 e. The van der Waals surface area contributed by atoms with Crippen LogP contribution in [0.25, 0.3) is 0 Å². The molecule has 1 aliphatic heterocycles. The van der Waals surface area contributed by atoms with Crippen LogP contribution >= 0.6 is 23.3 Å². The minimum Gasteiger partial charge on any atom is -0.336 e. The zero-order valence-corrected chi connectivity index (χ0v) is 24.3. The molecule has 0 radical (unpaired) electrons. The molecule has 2 rings (SSSR count). The van der Waals surface area contributed by atoms with E-state index in [4.69, 9.17) is 0 Å². The van der Waals surface area contributed by atoms with E-state index < -0.39 is 31.3 Å². The predicted octanol–water partition coefficient (Wildman–Crippen LogP) is 3.86. The van der Waals surface area contributed by atoms with Gasteiger partial charge in [-0.25, -0.2) is 8.42 Å². The van der Waals surface area contributed by atoms with Crippen LogP contribution in [0.5, 0.6) is 0 Å². The molecule has 1 aromatic heterocycles. The maximum atomic E-state index is 13.1. The summed E-state index contributed by atoms with van der Waals surface area (Å²) in [6.45, 7) is 3.81. The first-order valence-electron chi connectivity index (χ1n) is 12.6. The molecule has 0 spiro atoms. The van der Waals surface area contributed by atoms with Gasteiger partial charge in [-0.15, -0.1) is 31.6 Å². The molecule has 1 aliphatic rings.